The Hall–Kier alpha value is -1.67. The van der Waals surface area contributed by atoms with Crippen LogP contribution in [0.15, 0.2) is 48.8 Å². The number of benzene rings is 1. The molecule has 1 aliphatic carbocycles. The Bertz CT molecular complexity index is 668. The van der Waals surface area contributed by atoms with Crippen molar-refractivity contribution in [2.24, 2.45) is 11.8 Å². The summed E-state index contributed by atoms with van der Waals surface area (Å²) in [5.41, 5.74) is 2.25. The van der Waals surface area contributed by atoms with Gasteiger partial charge in [-0.2, -0.15) is 0 Å². The van der Waals surface area contributed by atoms with Gasteiger partial charge in [-0.15, -0.1) is 0 Å². The van der Waals surface area contributed by atoms with Gasteiger partial charge >= 0.3 is 0 Å². The van der Waals surface area contributed by atoms with Gasteiger partial charge in [-0.05, 0) is 80.7 Å². The number of aromatic nitrogens is 2. The zero-order chi connectivity index (χ0) is 17.5. The largest absolute Gasteiger partial charge is 0.236 e. The zero-order valence-corrected chi connectivity index (χ0v) is 15.8. The first-order chi connectivity index (χ1) is 12.2. The van der Waals surface area contributed by atoms with Gasteiger partial charge in [0.1, 0.15) is 0 Å². The summed E-state index contributed by atoms with van der Waals surface area (Å²) in [6, 6.07) is 7.68. The van der Waals surface area contributed by atoms with Crippen LogP contribution in [0, 0.1) is 11.8 Å². The molecule has 2 aromatic rings. The van der Waals surface area contributed by atoms with Crippen LogP contribution in [0.1, 0.15) is 51.0 Å². The molecule has 0 amide bonds. The number of hydrogen-bond donors (Lipinski definition) is 0. The number of rotatable bonds is 6. The molecule has 0 radical (unpaired) electrons. The predicted molar refractivity (Wildman–Crippen MR) is 106 cm³/mol. The summed E-state index contributed by atoms with van der Waals surface area (Å²) >= 11 is 5.93. The van der Waals surface area contributed by atoms with Gasteiger partial charge in [0.25, 0.3) is 0 Å². The molecule has 0 unspecified atom stereocenters. The van der Waals surface area contributed by atoms with Crippen molar-refractivity contribution in [1.29, 1.82) is 0 Å². The Kier molecular flexibility index (Phi) is 6.63. The molecule has 132 valence electrons. The Balaban J connectivity index is 1.47. The fraction of sp³-hybridized carbons (Fsp3) is 0.455. The summed E-state index contributed by atoms with van der Waals surface area (Å²) in [6.07, 6.45) is 17.6. The number of aryl methyl sites for hydroxylation is 1. The van der Waals surface area contributed by atoms with E-state index in [1.807, 2.05) is 36.7 Å². The zero-order valence-electron chi connectivity index (χ0n) is 15.0. The van der Waals surface area contributed by atoms with Gasteiger partial charge in [0, 0.05) is 23.0 Å². The van der Waals surface area contributed by atoms with E-state index in [-0.39, 0.29) is 0 Å². The molecule has 1 aliphatic rings. The number of halogens is 1. The maximum atomic E-state index is 5.93. The van der Waals surface area contributed by atoms with E-state index < -0.39 is 0 Å². The molecule has 3 rings (SSSR count). The van der Waals surface area contributed by atoms with Crippen molar-refractivity contribution >= 4 is 11.6 Å². The lowest BCUT2D eigenvalue weighted by molar-refractivity contribution is 0.265. The minimum atomic E-state index is 0.737. The van der Waals surface area contributed by atoms with Gasteiger partial charge in [0.05, 0.1) is 0 Å². The molecule has 0 spiro atoms. The maximum absolute atomic E-state index is 5.93. The molecule has 25 heavy (non-hydrogen) atoms. The van der Waals surface area contributed by atoms with Gasteiger partial charge in [-0.25, -0.2) is 9.97 Å². The lowest BCUT2D eigenvalue weighted by atomic mass is 9.78. The van der Waals surface area contributed by atoms with Crippen molar-refractivity contribution in [3.63, 3.8) is 0 Å². The topological polar surface area (TPSA) is 25.8 Å². The number of nitrogens with zero attached hydrogens (tertiary/aromatic N) is 2. The van der Waals surface area contributed by atoms with Gasteiger partial charge in [-0.3, -0.25) is 0 Å². The standard InChI is InChI=1S/C22H27ClN2/c1-2-3-4-17-5-7-18(8-6-17)9-10-19-15-24-22(25-16-19)20-11-13-21(23)14-12-20/h2-3,11-18H,4-10H2,1H3. The fourth-order valence-corrected chi connectivity index (χ4v) is 3.81. The molecule has 0 saturated heterocycles. The number of allylic oxidation sites excluding steroid dienone is 2. The minimum absolute atomic E-state index is 0.737. The van der Waals surface area contributed by atoms with Crippen LogP contribution in [-0.4, -0.2) is 9.97 Å². The van der Waals surface area contributed by atoms with Gasteiger partial charge < -0.3 is 0 Å². The molecular formula is C22H27ClN2. The van der Waals surface area contributed by atoms with Crippen molar-refractivity contribution in [3.8, 4) is 11.4 Å². The molecule has 3 heteroatoms. The molecule has 1 aromatic carbocycles. The van der Waals surface area contributed by atoms with Crippen molar-refractivity contribution < 1.29 is 0 Å². The third-order valence-corrected chi connectivity index (χ3v) is 5.57. The SMILES string of the molecule is CC=CCC1CCC(CCc2cnc(-c3ccc(Cl)cc3)nc2)CC1. The van der Waals surface area contributed by atoms with Crippen molar-refractivity contribution in [3.05, 3.63) is 59.4 Å². The van der Waals surface area contributed by atoms with Crippen molar-refractivity contribution in [1.82, 2.24) is 9.97 Å². The molecule has 0 aliphatic heterocycles. The summed E-state index contributed by atoms with van der Waals surface area (Å²) in [7, 11) is 0. The molecule has 1 saturated carbocycles. The highest BCUT2D eigenvalue weighted by atomic mass is 35.5. The highest BCUT2D eigenvalue weighted by molar-refractivity contribution is 6.30. The van der Waals surface area contributed by atoms with Crippen LogP contribution in [0.5, 0.6) is 0 Å². The van der Waals surface area contributed by atoms with Gasteiger partial charge in [0.2, 0.25) is 0 Å². The molecule has 0 bridgehead atoms. The third-order valence-electron chi connectivity index (χ3n) is 5.32. The van der Waals surface area contributed by atoms with Crippen LogP contribution < -0.4 is 0 Å². The molecule has 1 aromatic heterocycles. The second kappa shape index (κ2) is 9.15. The van der Waals surface area contributed by atoms with Crippen LogP contribution in [-0.2, 0) is 6.42 Å². The van der Waals surface area contributed by atoms with Crippen molar-refractivity contribution in [2.45, 2.75) is 51.9 Å². The first kappa shape index (κ1) is 18.1. The van der Waals surface area contributed by atoms with Crippen LogP contribution in [0.3, 0.4) is 0 Å². The molecule has 2 nitrogen and oxygen atoms in total. The highest BCUT2D eigenvalue weighted by Gasteiger charge is 2.20. The van der Waals surface area contributed by atoms with E-state index in [1.54, 1.807) is 0 Å². The Morgan fingerprint density at radius 2 is 1.64 bits per heavy atom. The van der Waals surface area contributed by atoms with E-state index in [1.165, 1.54) is 44.1 Å². The van der Waals surface area contributed by atoms with Crippen LogP contribution in [0.2, 0.25) is 5.02 Å². The van der Waals surface area contributed by atoms with E-state index in [0.717, 1.165) is 34.7 Å². The van der Waals surface area contributed by atoms with Crippen LogP contribution >= 0.6 is 11.6 Å². The normalized spacial score (nSPS) is 20.9. The lowest BCUT2D eigenvalue weighted by Gasteiger charge is -2.27. The second-order valence-electron chi connectivity index (χ2n) is 7.15. The predicted octanol–water partition coefficient (Wildman–Crippen LogP) is 6.50. The van der Waals surface area contributed by atoms with E-state index in [2.05, 4.69) is 29.0 Å². The third kappa shape index (κ3) is 5.40. The van der Waals surface area contributed by atoms with Crippen molar-refractivity contribution in [2.75, 3.05) is 0 Å². The summed E-state index contributed by atoms with van der Waals surface area (Å²) in [5.74, 6) is 2.55. The maximum Gasteiger partial charge on any atom is 0.159 e. The highest BCUT2D eigenvalue weighted by Crippen LogP contribution is 2.33. The Morgan fingerprint density at radius 3 is 2.28 bits per heavy atom. The average molecular weight is 355 g/mol. The first-order valence-electron chi connectivity index (χ1n) is 9.42. The first-order valence-corrected chi connectivity index (χ1v) is 9.80. The molecule has 1 heterocycles. The Labute approximate surface area is 156 Å². The molecule has 0 N–H and O–H groups in total. The van der Waals surface area contributed by atoms with E-state index in [4.69, 9.17) is 11.6 Å². The summed E-state index contributed by atoms with van der Waals surface area (Å²) in [4.78, 5) is 9.05. The second-order valence-corrected chi connectivity index (χ2v) is 7.59. The number of hydrogen-bond acceptors (Lipinski definition) is 2. The summed E-state index contributed by atoms with van der Waals surface area (Å²) in [5, 5.41) is 0.737. The Morgan fingerprint density at radius 1 is 1.00 bits per heavy atom. The monoisotopic (exact) mass is 354 g/mol. The summed E-state index contributed by atoms with van der Waals surface area (Å²) in [6.45, 7) is 2.12. The van der Waals surface area contributed by atoms with Crippen LogP contribution in [0.4, 0.5) is 0 Å². The van der Waals surface area contributed by atoms with E-state index in [0.29, 0.717) is 0 Å². The minimum Gasteiger partial charge on any atom is -0.236 e. The van der Waals surface area contributed by atoms with Gasteiger partial charge in [0.15, 0.2) is 5.82 Å². The molecule has 0 atom stereocenters. The van der Waals surface area contributed by atoms with Gasteiger partial charge in [-0.1, -0.05) is 36.6 Å². The smallest absolute Gasteiger partial charge is 0.159 e. The average Bonchev–Trinajstić information content (AvgIpc) is 2.67. The quantitative estimate of drug-likeness (QED) is 0.553. The lowest BCUT2D eigenvalue weighted by Crippen LogP contribution is -2.14. The van der Waals surface area contributed by atoms with Crippen LogP contribution in [0.25, 0.3) is 11.4 Å². The molecule has 1 fully saturated rings. The van der Waals surface area contributed by atoms with E-state index >= 15 is 0 Å². The van der Waals surface area contributed by atoms with E-state index in [9.17, 15) is 0 Å². The molecular weight excluding hydrogens is 328 g/mol. The summed E-state index contributed by atoms with van der Waals surface area (Å²) < 4.78 is 0. The fourth-order valence-electron chi connectivity index (χ4n) is 3.69.